The Labute approximate surface area is 99.6 Å². The van der Waals surface area contributed by atoms with Crippen LogP contribution in [0.25, 0.3) is 0 Å². The zero-order valence-electron chi connectivity index (χ0n) is 8.68. The summed E-state index contributed by atoms with van der Waals surface area (Å²) in [5, 5.41) is 15.3. The van der Waals surface area contributed by atoms with Gasteiger partial charge in [0.1, 0.15) is 6.26 Å². The van der Waals surface area contributed by atoms with Crippen LogP contribution < -0.4 is 10.6 Å². The fourth-order valence-corrected chi connectivity index (χ4v) is 1.65. The quantitative estimate of drug-likeness (QED) is 0.703. The third-order valence-corrected chi connectivity index (χ3v) is 2.61. The van der Waals surface area contributed by atoms with E-state index in [4.69, 9.17) is 4.42 Å². The molecule has 3 N–H and O–H groups in total. The molecule has 0 aliphatic carbocycles. The Balaban J connectivity index is 0.00000128. The van der Waals surface area contributed by atoms with Crippen molar-refractivity contribution in [3.63, 3.8) is 0 Å². The Bertz CT molecular complexity index is 329. The predicted molar refractivity (Wildman–Crippen MR) is 60.7 cm³/mol. The van der Waals surface area contributed by atoms with Crippen LogP contribution in [0, 0.1) is 5.92 Å². The highest BCUT2D eigenvalue weighted by molar-refractivity contribution is 5.93. The van der Waals surface area contributed by atoms with E-state index in [9.17, 15) is 9.90 Å². The average molecular weight is 247 g/mol. The number of β-amino-alcohol motifs (C(OH)–C–C–N with tert-alkyl or cyclic N) is 1. The lowest BCUT2D eigenvalue weighted by Crippen LogP contribution is -2.34. The summed E-state index contributed by atoms with van der Waals surface area (Å²) < 4.78 is 4.81. The number of aliphatic hydroxyl groups excluding tert-OH is 1. The van der Waals surface area contributed by atoms with Crippen molar-refractivity contribution >= 4 is 18.3 Å². The Morgan fingerprint density at radius 3 is 3.00 bits per heavy atom. The van der Waals surface area contributed by atoms with Crippen molar-refractivity contribution in [1.29, 1.82) is 0 Å². The van der Waals surface area contributed by atoms with Crippen molar-refractivity contribution in [3.8, 4) is 0 Å². The number of halogens is 1. The lowest BCUT2D eigenvalue weighted by Gasteiger charge is -2.13. The van der Waals surface area contributed by atoms with Crippen molar-refractivity contribution < 1.29 is 14.3 Å². The van der Waals surface area contributed by atoms with E-state index in [0.717, 1.165) is 6.54 Å². The average Bonchev–Trinajstić information content (AvgIpc) is 2.85. The van der Waals surface area contributed by atoms with E-state index in [-0.39, 0.29) is 30.3 Å². The molecule has 6 heteroatoms. The van der Waals surface area contributed by atoms with Gasteiger partial charge in [-0.2, -0.15) is 0 Å². The number of carbonyl (C=O) groups excluding carboxylic acids is 1. The number of furan rings is 1. The fourth-order valence-electron chi connectivity index (χ4n) is 1.65. The number of amides is 1. The predicted octanol–water partition coefficient (Wildman–Crippen LogP) is 0.0115. The zero-order valence-corrected chi connectivity index (χ0v) is 9.50. The van der Waals surface area contributed by atoms with Gasteiger partial charge >= 0.3 is 0 Å². The number of nitrogens with one attached hydrogen (secondary N) is 2. The minimum atomic E-state index is -0.366. The Morgan fingerprint density at radius 1 is 1.62 bits per heavy atom. The standard InChI is InChI=1S/C10H14N2O3.ClH/c13-9-5-11-3-8(9)4-12-10(14)7-1-2-15-6-7;/h1-2,6,8-9,11,13H,3-5H2,(H,12,14);1H. The molecule has 90 valence electrons. The summed E-state index contributed by atoms with van der Waals surface area (Å²) in [5.74, 6) is -0.0660. The van der Waals surface area contributed by atoms with Crippen LogP contribution in [0.5, 0.6) is 0 Å². The summed E-state index contributed by atoms with van der Waals surface area (Å²) in [6.45, 7) is 1.83. The summed E-state index contributed by atoms with van der Waals surface area (Å²) >= 11 is 0. The summed E-state index contributed by atoms with van der Waals surface area (Å²) in [6, 6.07) is 1.61. The Kier molecular flexibility index (Phi) is 4.79. The van der Waals surface area contributed by atoms with E-state index in [0.29, 0.717) is 18.7 Å². The van der Waals surface area contributed by atoms with Crippen LogP contribution in [0.1, 0.15) is 10.4 Å². The van der Waals surface area contributed by atoms with E-state index >= 15 is 0 Å². The summed E-state index contributed by atoms with van der Waals surface area (Å²) in [5.41, 5.74) is 0.510. The van der Waals surface area contributed by atoms with Gasteiger partial charge in [0.05, 0.1) is 17.9 Å². The maximum absolute atomic E-state index is 11.5. The second-order valence-electron chi connectivity index (χ2n) is 3.71. The number of hydrogen-bond acceptors (Lipinski definition) is 4. The Morgan fingerprint density at radius 2 is 2.44 bits per heavy atom. The molecule has 16 heavy (non-hydrogen) atoms. The molecule has 2 rings (SSSR count). The monoisotopic (exact) mass is 246 g/mol. The van der Waals surface area contributed by atoms with Crippen molar-refractivity contribution in [2.75, 3.05) is 19.6 Å². The van der Waals surface area contributed by atoms with Gasteiger partial charge in [0.15, 0.2) is 0 Å². The molecular weight excluding hydrogens is 232 g/mol. The van der Waals surface area contributed by atoms with Gasteiger partial charge < -0.3 is 20.2 Å². The zero-order chi connectivity index (χ0) is 10.7. The van der Waals surface area contributed by atoms with Gasteiger partial charge in [-0.1, -0.05) is 0 Å². The minimum Gasteiger partial charge on any atom is -0.472 e. The normalized spacial score (nSPS) is 23.8. The third kappa shape index (κ3) is 2.98. The first-order valence-electron chi connectivity index (χ1n) is 4.96. The van der Waals surface area contributed by atoms with Gasteiger partial charge in [0.2, 0.25) is 0 Å². The van der Waals surface area contributed by atoms with Crippen molar-refractivity contribution in [3.05, 3.63) is 24.2 Å². The number of aliphatic hydroxyl groups is 1. The molecule has 1 aromatic heterocycles. The maximum Gasteiger partial charge on any atom is 0.254 e. The molecule has 0 bridgehead atoms. The van der Waals surface area contributed by atoms with E-state index in [2.05, 4.69) is 10.6 Å². The van der Waals surface area contributed by atoms with Crippen LogP contribution in [0.4, 0.5) is 0 Å². The molecule has 1 aliphatic rings. The minimum absolute atomic E-state index is 0. The molecule has 0 saturated carbocycles. The highest BCUT2D eigenvalue weighted by Crippen LogP contribution is 2.07. The molecule has 0 radical (unpaired) electrons. The van der Waals surface area contributed by atoms with Gasteiger partial charge in [0, 0.05) is 25.6 Å². The largest absolute Gasteiger partial charge is 0.472 e. The maximum atomic E-state index is 11.5. The first-order chi connectivity index (χ1) is 7.27. The van der Waals surface area contributed by atoms with Crippen LogP contribution in [-0.2, 0) is 0 Å². The van der Waals surface area contributed by atoms with Crippen LogP contribution in [0.15, 0.2) is 23.0 Å². The molecule has 0 spiro atoms. The fraction of sp³-hybridized carbons (Fsp3) is 0.500. The summed E-state index contributed by atoms with van der Waals surface area (Å²) in [4.78, 5) is 11.5. The highest BCUT2D eigenvalue weighted by atomic mass is 35.5. The molecule has 5 nitrogen and oxygen atoms in total. The molecule has 2 heterocycles. The topological polar surface area (TPSA) is 74.5 Å². The second kappa shape index (κ2) is 5.89. The third-order valence-electron chi connectivity index (χ3n) is 2.61. The van der Waals surface area contributed by atoms with Crippen LogP contribution in [-0.4, -0.2) is 36.8 Å². The Hall–Kier alpha value is -1.04. The molecule has 1 aliphatic heterocycles. The van der Waals surface area contributed by atoms with Crippen LogP contribution in [0.2, 0.25) is 0 Å². The molecule has 1 saturated heterocycles. The van der Waals surface area contributed by atoms with Crippen molar-refractivity contribution in [1.82, 2.24) is 10.6 Å². The van der Waals surface area contributed by atoms with E-state index in [1.54, 1.807) is 6.07 Å². The molecular formula is C10H15ClN2O3. The molecule has 2 unspecified atom stereocenters. The molecule has 1 fully saturated rings. The van der Waals surface area contributed by atoms with E-state index in [1.807, 2.05) is 0 Å². The van der Waals surface area contributed by atoms with Gasteiger partial charge in [-0.05, 0) is 6.07 Å². The van der Waals surface area contributed by atoms with Gasteiger partial charge in [0.25, 0.3) is 5.91 Å². The molecule has 1 amide bonds. The van der Waals surface area contributed by atoms with Gasteiger partial charge in [-0.15, -0.1) is 12.4 Å². The lowest BCUT2D eigenvalue weighted by atomic mass is 10.1. The summed E-state index contributed by atoms with van der Waals surface area (Å²) in [7, 11) is 0. The van der Waals surface area contributed by atoms with Crippen LogP contribution in [0.3, 0.4) is 0 Å². The van der Waals surface area contributed by atoms with Crippen molar-refractivity contribution in [2.24, 2.45) is 5.92 Å². The first-order valence-corrected chi connectivity index (χ1v) is 4.96. The summed E-state index contributed by atoms with van der Waals surface area (Å²) in [6.07, 6.45) is 2.49. The van der Waals surface area contributed by atoms with E-state index < -0.39 is 0 Å². The van der Waals surface area contributed by atoms with Crippen molar-refractivity contribution in [2.45, 2.75) is 6.10 Å². The van der Waals surface area contributed by atoms with E-state index in [1.165, 1.54) is 12.5 Å². The SMILES string of the molecule is Cl.O=C(NCC1CNCC1O)c1ccoc1. The van der Waals surface area contributed by atoms with Crippen LogP contribution >= 0.6 is 12.4 Å². The molecule has 0 aromatic carbocycles. The highest BCUT2D eigenvalue weighted by Gasteiger charge is 2.25. The number of hydrogen-bond donors (Lipinski definition) is 3. The number of carbonyl (C=O) groups is 1. The lowest BCUT2D eigenvalue weighted by molar-refractivity contribution is 0.0926. The first kappa shape index (κ1) is 13.0. The van der Waals surface area contributed by atoms with Gasteiger partial charge in [-0.25, -0.2) is 0 Å². The molecule has 2 atom stereocenters. The molecule has 1 aromatic rings. The number of rotatable bonds is 3. The smallest absolute Gasteiger partial charge is 0.254 e. The van der Waals surface area contributed by atoms with Gasteiger partial charge in [-0.3, -0.25) is 4.79 Å². The second-order valence-corrected chi connectivity index (χ2v) is 3.71.